The zero-order valence-electron chi connectivity index (χ0n) is 14.8. The fourth-order valence-corrected chi connectivity index (χ4v) is 4.29. The van der Waals surface area contributed by atoms with Crippen LogP contribution < -0.4 is 5.73 Å². The topological polar surface area (TPSA) is 49.6 Å². The van der Waals surface area contributed by atoms with Crippen molar-refractivity contribution >= 4 is 17.2 Å². The van der Waals surface area contributed by atoms with E-state index in [1.807, 2.05) is 16.2 Å². The molecule has 1 fully saturated rings. The van der Waals surface area contributed by atoms with E-state index in [2.05, 4.69) is 37.8 Å². The maximum atomic E-state index is 12.9. The van der Waals surface area contributed by atoms with Crippen molar-refractivity contribution in [3.05, 3.63) is 21.9 Å². The Balaban J connectivity index is 1.89. The number of carbonyl (C=O) groups is 1. The van der Waals surface area contributed by atoms with Crippen molar-refractivity contribution in [3.63, 3.8) is 0 Å². The van der Waals surface area contributed by atoms with E-state index in [0.29, 0.717) is 6.54 Å². The average Bonchev–Trinajstić information content (AvgIpc) is 3.05. The highest BCUT2D eigenvalue weighted by Gasteiger charge is 2.37. The molecule has 2 N–H and O–H groups in total. The highest BCUT2D eigenvalue weighted by molar-refractivity contribution is 7.11. The molecule has 0 spiro atoms. The SMILES string of the molecule is CCc1ccc(CN2CCN(C(=O)C(CC)(CC)CN)CC2)s1. The van der Waals surface area contributed by atoms with Gasteiger partial charge in [-0.3, -0.25) is 9.69 Å². The summed E-state index contributed by atoms with van der Waals surface area (Å²) in [6, 6.07) is 4.48. The molecule has 1 saturated heterocycles. The van der Waals surface area contributed by atoms with Crippen molar-refractivity contribution in [2.24, 2.45) is 11.1 Å². The molecular formula is C18H31N3OS. The number of amides is 1. The molecule has 130 valence electrons. The Morgan fingerprint density at radius 1 is 1.13 bits per heavy atom. The Labute approximate surface area is 144 Å². The molecule has 0 aliphatic carbocycles. The van der Waals surface area contributed by atoms with Crippen LogP contribution in [0.15, 0.2) is 12.1 Å². The minimum absolute atomic E-state index is 0.258. The smallest absolute Gasteiger partial charge is 0.230 e. The molecule has 2 heterocycles. The lowest BCUT2D eigenvalue weighted by Gasteiger charge is -2.40. The average molecular weight is 338 g/mol. The minimum Gasteiger partial charge on any atom is -0.340 e. The van der Waals surface area contributed by atoms with Crippen LogP contribution in [-0.2, 0) is 17.8 Å². The number of thiophene rings is 1. The van der Waals surface area contributed by atoms with Gasteiger partial charge in [-0.15, -0.1) is 11.3 Å². The van der Waals surface area contributed by atoms with Gasteiger partial charge in [0, 0.05) is 49.0 Å². The highest BCUT2D eigenvalue weighted by atomic mass is 32.1. The van der Waals surface area contributed by atoms with Crippen LogP contribution in [0, 0.1) is 5.41 Å². The van der Waals surface area contributed by atoms with Gasteiger partial charge in [-0.2, -0.15) is 0 Å². The van der Waals surface area contributed by atoms with Gasteiger partial charge in [0.1, 0.15) is 0 Å². The molecule has 4 nitrogen and oxygen atoms in total. The normalized spacial score (nSPS) is 16.8. The molecule has 1 aliphatic heterocycles. The molecule has 0 bridgehead atoms. The lowest BCUT2D eigenvalue weighted by Crippen LogP contribution is -2.54. The molecule has 2 rings (SSSR count). The van der Waals surface area contributed by atoms with Crippen LogP contribution >= 0.6 is 11.3 Å². The molecular weight excluding hydrogens is 306 g/mol. The van der Waals surface area contributed by atoms with Crippen molar-refractivity contribution in [3.8, 4) is 0 Å². The van der Waals surface area contributed by atoms with Gasteiger partial charge in [0.15, 0.2) is 0 Å². The van der Waals surface area contributed by atoms with Crippen molar-refractivity contribution in [2.45, 2.75) is 46.6 Å². The third-order valence-corrected chi connectivity index (χ3v) is 6.52. The third kappa shape index (κ3) is 4.14. The predicted molar refractivity (Wildman–Crippen MR) is 97.6 cm³/mol. The Kier molecular flexibility index (Phi) is 6.62. The highest BCUT2D eigenvalue weighted by Crippen LogP contribution is 2.28. The Morgan fingerprint density at radius 2 is 1.74 bits per heavy atom. The molecule has 0 aromatic carbocycles. The summed E-state index contributed by atoms with van der Waals surface area (Å²) in [6.45, 7) is 11.4. The zero-order valence-corrected chi connectivity index (χ0v) is 15.6. The van der Waals surface area contributed by atoms with Crippen LogP contribution in [0.25, 0.3) is 0 Å². The maximum Gasteiger partial charge on any atom is 0.230 e. The number of carbonyl (C=O) groups excluding carboxylic acids is 1. The van der Waals surface area contributed by atoms with Gasteiger partial charge in [-0.1, -0.05) is 20.8 Å². The molecule has 0 saturated carbocycles. The molecule has 0 atom stereocenters. The standard InChI is InChI=1S/C18H31N3OS/c1-4-15-7-8-16(23-15)13-20-9-11-21(12-10-20)17(22)18(5-2,6-3)14-19/h7-8H,4-6,9-14,19H2,1-3H3. The Bertz CT molecular complexity index is 494. The van der Waals surface area contributed by atoms with Gasteiger partial charge in [-0.25, -0.2) is 0 Å². The summed E-state index contributed by atoms with van der Waals surface area (Å²) < 4.78 is 0. The van der Waals surface area contributed by atoms with E-state index in [-0.39, 0.29) is 11.3 Å². The van der Waals surface area contributed by atoms with Crippen molar-refractivity contribution in [1.29, 1.82) is 0 Å². The Morgan fingerprint density at radius 3 is 2.22 bits per heavy atom. The summed E-state index contributed by atoms with van der Waals surface area (Å²) >= 11 is 1.91. The second-order valence-corrected chi connectivity index (χ2v) is 7.73. The number of hydrogen-bond acceptors (Lipinski definition) is 4. The molecule has 23 heavy (non-hydrogen) atoms. The van der Waals surface area contributed by atoms with E-state index < -0.39 is 0 Å². The van der Waals surface area contributed by atoms with Crippen molar-refractivity contribution in [1.82, 2.24) is 9.80 Å². The van der Waals surface area contributed by atoms with Crippen LogP contribution in [0.3, 0.4) is 0 Å². The summed E-state index contributed by atoms with van der Waals surface area (Å²) in [5, 5.41) is 0. The second kappa shape index (κ2) is 8.27. The van der Waals surface area contributed by atoms with E-state index in [9.17, 15) is 4.79 Å². The van der Waals surface area contributed by atoms with Gasteiger partial charge in [0.25, 0.3) is 0 Å². The molecule has 0 radical (unpaired) electrons. The van der Waals surface area contributed by atoms with Crippen molar-refractivity contribution in [2.75, 3.05) is 32.7 Å². The summed E-state index contributed by atoms with van der Waals surface area (Å²) in [5.41, 5.74) is 5.57. The van der Waals surface area contributed by atoms with Crippen LogP contribution in [0.4, 0.5) is 0 Å². The molecule has 1 aliphatic rings. The van der Waals surface area contributed by atoms with Crippen LogP contribution in [0.1, 0.15) is 43.4 Å². The van der Waals surface area contributed by atoms with E-state index >= 15 is 0 Å². The van der Waals surface area contributed by atoms with Crippen LogP contribution in [0.5, 0.6) is 0 Å². The molecule has 5 heteroatoms. The summed E-state index contributed by atoms with van der Waals surface area (Å²) in [7, 11) is 0. The largest absolute Gasteiger partial charge is 0.340 e. The predicted octanol–water partition coefficient (Wildman–Crippen LogP) is 2.72. The van der Waals surface area contributed by atoms with Crippen LogP contribution in [-0.4, -0.2) is 48.4 Å². The number of rotatable bonds is 7. The lowest BCUT2D eigenvalue weighted by molar-refractivity contribution is -0.144. The van der Waals surface area contributed by atoms with Crippen LogP contribution in [0.2, 0.25) is 0 Å². The Hall–Kier alpha value is -0.910. The number of nitrogens with zero attached hydrogens (tertiary/aromatic N) is 2. The molecule has 1 aromatic rings. The molecule has 1 amide bonds. The summed E-state index contributed by atoms with van der Waals surface area (Å²) in [6.07, 6.45) is 2.77. The fraction of sp³-hybridized carbons (Fsp3) is 0.722. The van der Waals surface area contributed by atoms with Gasteiger partial charge in [-0.05, 0) is 31.4 Å². The third-order valence-electron chi connectivity index (χ3n) is 5.30. The minimum atomic E-state index is -0.355. The van der Waals surface area contributed by atoms with Crippen molar-refractivity contribution < 1.29 is 4.79 Å². The van der Waals surface area contributed by atoms with Gasteiger partial charge in [0.05, 0.1) is 5.41 Å². The first-order valence-electron chi connectivity index (χ1n) is 8.88. The monoisotopic (exact) mass is 337 g/mol. The second-order valence-electron chi connectivity index (χ2n) is 6.48. The molecule has 1 aromatic heterocycles. The number of hydrogen-bond donors (Lipinski definition) is 1. The summed E-state index contributed by atoms with van der Waals surface area (Å²) in [4.78, 5) is 20.2. The number of piperazine rings is 1. The van der Waals surface area contributed by atoms with Gasteiger partial charge >= 0.3 is 0 Å². The maximum absolute atomic E-state index is 12.9. The molecule has 0 unspecified atom stereocenters. The summed E-state index contributed by atoms with van der Waals surface area (Å²) in [5.74, 6) is 0.258. The van der Waals surface area contributed by atoms with E-state index in [1.165, 1.54) is 9.75 Å². The van der Waals surface area contributed by atoms with E-state index in [4.69, 9.17) is 5.73 Å². The van der Waals surface area contributed by atoms with Gasteiger partial charge in [0.2, 0.25) is 5.91 Å². The lowest BCUT2D eigenvalue weighted by atomic mass is 9.81. The van der Waals surface area contributed by atoms with E-state index in [1.54, 1.807) is 0 Å². The zero-order chi connectivity index (χ0) is 16.9. The van der Waals surface area contributed by atoms with E-state index in [0.717, 1.165) is 52.0 Å². The quantitative estimate of drug-likeness (QED) is 0.832. The first-order chi connectivity index (χ1) is 11.1. The first kappa shape index (κ1) is 18.4. The van der Waals surface area contributed by atoms with Gasteiger partial charge < -0.3 is 10.6 Å². The first-order valence-corrected chi connectivity index (χ1v) is 9.69. The number of aryl methyl sites for hydroxylation is 1. The number of nitrogens with two attached hydrogens (primary N) is 1. The fourth-order valence-electron chi connectivity index (χ4n) is 3.29.